The zero-order valence-corrected chi connectivity index (χ0v) is 21.9. The number of hydrogen-bond acceptors (Lipinski definition) is 10. The van der Waals surface area contributed by atoms with Crippen LogP contribution >= 0.6 is 11.3 Å². The van der Waals surface area contributed by atoms with Gasteiger partial charge in [-0.15, -0.1) is 10.2 Å². The van der Waals surface area contributed by atoms with Crippen LogP contribution < -0.4 is 14.9 Å². The second-order valence-electron chi connectivity index (χ2n) is 9.86. The lowest BCUT2D eigenvalue weighted by atomic mass is 10.2. The lowest BCUT2D eigenvalue weighted by Crippen LogP contribution is -2.56. The van der Waals surface area contributed by atoms with Crippen molar-refractivity contribution in [1.29, 1.82) is 0 Å². The van der Waals surface area contributed by atoms with Crippen LogP contribution in [-0.4, -0.2) is 84.5 Å². The van der Waals surface area contributed by atoms with Gasteiger partial charge in [-0.05, 0) is 25.8 Å². The van der Waals surface area contributed by atoms with Gasteiger partial charge in [0.1, 0.15) is 4.90 Å². The Kier molecular flexibility index (Phi) is 6.33. The average Bonchev–Trinajstić information content (AvgIpc) is 3.24. The highest BCUT2D eigenvalue weighted by Crippen LogP contribution is 2.37. The van der Waals surface area contributed by atoms with Gasteiger partial charge in [-0.25, -0.2) is 26.9 Å². The fourth-order valence-electron chi connectivity index (χ4n) is 4.34. The van der Waals surface area contributed by atoms with Crippen LogP contribution in [0, 0.1) is 0 Å². The third-order valence-corrected chi connectivity index (χ3v) is 9.32. The van der Waals surface area contributed by atoms with E-state index in [1.54, 1.807) is 6.07 Å². The van der Waals surface area contributed by atoms with Crippen LogP contribution in [0.1, 0.15) is 31.2 Å². The third kappa shape index (κ3) is 4.86. The number of nitrogens with one attached hydrogen (secondary N) is 2. The highest BCUT2D eigenvalue weighted by atomic mass is 32.2. The SMILES string of the molecule is CC1(NS(=O)(=O)c2cc(N3CCO[C@H](C(=O)NC4COC4)C3)c3cnc(-c4nnc(C(F)F)s4)n3c2)CC1. The molecule has 0 radical (unpaired) electrons. The largest absolute Gasteiger partial charge is 0.377 e. The maximum atomic E-state index is 13.4. The summed E-state index contributed by atoms with van der Waals surface area (Å²) in [4.78, 5) is 19.0. The number of hydrogen-bond donors (Lipinski definition) is 2. The standard InChI is InChI=1S/C22H25F2N7O5S2/c1-22(2-3-22)29-38(33,34)13-6-14(30-4-5-36-16(9-30)19(32)26-12-10-35-11-12)15-7-25-18(31(15)8-13)21-28-27-20(37-21)17(23)24/h6-8,12,16-17,29H,2-5,9-11H2,1H3,(H,26,32)/t16-/m0/s1. The first kappa shape index (κ1) is 25.5. The molecule has 1 saturated carbocycles. The molecule has 2 aliphatic heterocycles. The van der Waals surface area contributed by atoms with Gasteiger partial charge in [-0.3, -0.25) is 9.20 Å². The van der Waals surface area contributed by atoms with Crippen LogP contribution in [0.5, 0.6) is 0 Å². The van der Waals surface area contributed by atoms with Crippen molar-refractivity contribution < 1.29 is 31.5 Å². The molecular weight excluding hydrogens is 544 g/mol. The van der Waals surface area contributed by atoms with Gasteiger partial charge in [0, 0.05) is 18.3 Å². The third-order valence-electron chi connectivity index (χ3n) is 6.79. The predicted molar refractivity (Wildman–Crippen MR) is 132 cm³/mol. The van der Waals surface area contributed by atoms with Gasteiger partial charge in [0.05, 0.1) is 49.8 Å². The van der Waals surface area contributed by atoms with Gasteiger partial charge < -0.3 is 19.7 Å². The Hall–Kier alpha value is -2.79. The van der Waals surface area contributed by atoms with Crippen molar-refractivity contribution in [2.75, 3.05) is 37.8 Å². The van der Waals surface area contributed by atoms with Gasteiger partial charge >= 0.3 is 0 Å². The molecule has 3 aromatic rings. The fraction of sp³-hybridized carbons (Fsp3) is 0.545. The molecule has 1 atom stereocenters. The van der Waals surface area contributed by atoms with Crippen molar-refractivity contribution in [2.24, 2.45) is 0 Å². The van der Waals surface area contributed by atoms with E-state index in [9.17, 15) is 22.0 Å². The smallest absolute Gasteiger partial charge is 0.291 e. The molecule has 2 saturated heterocycles. The van der Waals surface area contributed by atoms with Gasteiger partial charge in [0.25, 0.3) is 12.3 Å². The zero-order chi connectivity index (χ0) is 26.7. The summed E-state index contributed by atoms with van der Waals surface area (Å²) in [6.07, 6.45) is 0.824. The molecule has 1 amide bonds. The predicted octanol–water partition coefficient (Wildman–Crippen LogP) is 1.34. The normalized spacial score (nSPS) is 21.6. The Labute approximate surface area is 220 Å². The van der Waals surface area contributed by atoms with Gasteiger partial charge in [-0.2, -0.15) is 0 Å². The van der Waals surface area contributed by atoms with E-state index < -0.39 is 33.1 Å². The highest BCUT2D eigenvalue weighted by Gasteiger charge is 2.42. The van der Waals surface area contributed by atoms with Crippen LogP contribution in [0.3, 0.4) is 0 Å². The molecule has 38 heavy (non-hydrogen) atoms. The van der Waals surface area contributed by atoms with E-state index in [0.717, 1.165) is 12.8 Å². The first-order valence-corrected chi connectivity index (χ1v) is 14.3. The number of amides is 1. The second-order valence-corrected chi connectivity index (χ2v) is 12.6. The first-order chi connectivity index (χ1) is 18.1. The van der Waals surface area contributed by atoms with E-state index in [4.69, 9.17) is 9.47 Å². The lowest BCUT2D eigenvalue weighted by molar-refractivity contribution is -0.137. The van der Waals surface area contributed by atoms with Crippen LogP contribution in [0.4, 0.5) is 14.5 Å². The second kappa shape index (κ2) is 9.44. The molecule has 12 nitrogen and oxygen atoms in total. The molecule has 16 heteroatoms. The summed E-state index contributed by atoms with van der Waals surface area (Å²) in [6, 6.07) is 1.48. The summed E-state index contributed by atoms with van der Waals surface area (Å²) < 4.78 is 68.2. The number of carbonyl (C=O) groups is 1. The number of alkyl halides is 2. The number of imidazole rings is 1. The molecule has 6 rings (SSSR count). The lowest BCUT2D eigenvalue weighted by Gasteiger charge is -2.36. The molecular formula is C22H25F2N7O5S2. The number of morpholine rings is 1. The topological polar surface area (TPSA) is 140 Å². The number of rotatable bonds is 8. The van der Waals surface area contributed by atoms with E-state index in [0.29, 0.717) is 42.3 Å². The molecule has 0 bridgehead atoms. The van der Waals surface area contributed by atoms with Crippen LogP contribution in [0.25, 0.3) is 16.3 Å². The number of pyridine rings is 1. The van der Waals surface area contributed by atoms with Crippen molar-refractivity contribution >= 4 is 38.5 Å². The van der Waals surface area contributed by atoms with Crippen molar-refractivity contribution in [1.82, 2.24) is 29.6 Å². The summed E-state index contributed by atoms with van der Waals surface area (Å²) in [7, 11) is -3.94. The Balaban J connectivity index is 1.40. The number of carbonyl (C=O) groups excluding carboxylic acids is 1. The Morgan fingerprint density at radius 2 is 2.08 bits per heavy atom. The summed E-state index contributed by atoms with van der Waals surface area (Å²) in [5, 5.41) is 9.95. The van der Waals surface area contributed by atoms with Crippen molar-refractivity contribution in [3.8, 4) is 10.8 Å². The van der Waals surface area contributed by atoms with Gasteiger partial charge in [0.15, 0.2) is 21.9 Å². The number of ether oxygens (including phenoxy) is 2. The molecule has 3 fully saturated rings. The molecule has 0 spiro atoms. The quantitative estimate of drug-likeness (QED) is 0.411. The Morgan fingerprint density at radius 1 is 1.29 bits per heavy atom. The average molecular weight is 570 g/mol. The number of aromatic nitrogens is 4. The summed E-state index contributed by atoms with van der Waals surface area (Å²) in [6.45, 7) is 3.55. The molecule has 3 aromatic heterocycles. The zero-order valence-electron chi connectivity index (χ0n) is 20.3. The number of halogens is 2. The molecule has 204 valence electrons. The Bertz CT molecular complexity index is 1490. The van der Waals surface area contributed by atoms with Crippen LogP contribution in [0.2, 0.25) is 0 Å². The van der Waals surface area contributed by atoms with E-state index in [2.05, 4.69) is 25.2 Å². The number of fused-ring (bicyclic) bond motifs is 1. The van der Waals surface area contributed by atoms with Crippen molar-refractivity contribution in [3.05, 3.63) is 23.5 Å². The number of sulfonamides is 1. The highest BCUT2D eigenvalue weighted by molar-refractivity contribution is 7.89. The van der Waals surface area contributed by atoms with E-state index in [1.165, 1.54) is 16.8 Å². The molecule has 0 unspecified atom stereocenters. The van der Waals surface area contributed by atoms with Gasteiger partial charge in [-0.1, -0.05) is 11.3 Å². The summed E-state index contributed by atoms with van der Waals surface area (Å²) >= 11 is 0.689. The minimum absolute atomic E-state index is 0.0231. The van der Waals surface area contributed by atoms with Gasteiger partial charge in [0.2, 0.25) is 10.0 Å². The van der Waals surface area contributed by atoms with E-state index >= 15 is 0 Å². The van der Waals surface area contributed by atoms with Crippen molar-refractivity contribution in [2.45, 2.75) is 48.8 Å². The van der Waals surface area contributed by atoms with Crippen LogP contribution in [0.15, 0.2) is 23.4 Å². The van der Waals surface area contributed by atoms with E-state index in [-0.39, 0.29) is 40.8 Å². The monoisotopic (exact) mass is 569 g/mol. The first-order valence-electron chi connectivity index (χ1n) is 12.0. The maximum Gasteiger partial charge on any atom is 0.291 e. The molecule has 2 N–H and O–H groups in total. The number of anilines is 1. The summed E-state index contributed by atoms with van der Waals surface area (Å²) in [5.74, 6) is -0.0819. The number of nitrogens with zero attached hydrogens (tertiary/aromatic N) is 5. The maximum absolute atomic E-state index is 13.4. The summed E-state index contributed by atoms with van der Waals surface area (Å²) in [5.41, 5.74) is 0.530. The minimum Gasteiger partial charge on any atom is -0.377 e. The molecule has 1 aliphatic carbocycles. The van der Waals surface area contributed by atoms with Crippen LogP contribution in [-0.2, 0) is 24.3 Å². The Morgan fingerprint density at radius 3 is 2.74 bits per heavy atom. The molecule has 5 heterocycles. The van der Waals surface area contributed by atoms with Crippen molar-refractivity contribution in [3.63, 3.8) is 0 Å². The minimum atomic E-state index is -3.94. The molecule has 0 aromatic carbocycles. The molecule has 3 aliphatic rings. The van der Waals surface area contributed by atoms with E-state index in [1.807, 2.05) is 11.8 Å². The fourth-order valence-corrected chi connectivity index (χ4v) is 6.51.